The molecule has 0 spiro atoms. The van der Waals surface area contributed by atoms with Crippen molar-refractivity contribution >= 4 is 29.9 Å². The van der Waals surface area contributed by atoms with Crippen molar-refractivity contribution in [3.05, 3.63) is 59.7 Å². The van der Waals surface area contributed by atoms with E-state index in [4.69, 9.17) is 9.47 Å². The van der Waals surface area contributed by atoms with Gasteiger partial charge in [-0.25, -0.2) is 4.99 Å². The van der Waals surface area contributed by atoms with Crippen LogP contribution in [0.15, 0.2) is 53.5 Å². The standard InChI is InChI=1S/C21H26F3N3O3.HI/c1-3-25-20(26-12-15-4-8-18(29-2)9-5-15)27-13-17(28)14-30-19-10-6-16(7-11-19)21(22,23)24;/h4-11,17,28H,3,12-14H2,1-2H3,(H2,25,26,27);1H. The van der Waals surface area contributed by atoms with E-state index >= 15 is 0 Å². The van der Waals surface area contributed by atoms with Crippen molar-refractivity contribution in [2.75, 3.05) is 26.8 Å². The van der Waals surface area contributed by atoms with Crippen molar-refractivity contribution in [3.63, 3.8) is 0 Å². The minimum absolute atomic E-state index is 0. The van der Waals surface area contributed by atoms with Gasteiger partial charge in [-0.2, -0.15) is 13.2 Å². The van der Waals surface area contributed by atoms with Crippen molar-refractivity contribution in [1.29, 1.82) is 0 Å². The Kier molecular flexibility index (Phi) is 11.5. The van der Waals surface area contributed by atoms with Crippen LogP contribution in [0.4, 0.5) is 13.2 Å². The smallest absolute Gasteiger partial charge is 0.416 e. The number of aliphatic hydroxyl groups excluding tert-OH is 1. The summed E-state index contributed by atoms with van der Waals surface area (Å²) in [6.45, 7) is 3.10. The number of benzene rings is 2. The van der Waals surface area contributed by atoms with Crippen molar-refractivity contribution in [1.82, 2.24) is 10.6 Å². The van der Waals surface area contributed by atoms with Gasteiger partial charge >= 0.3 is 6.18 Å². The zero-order chi connectivity index (χ0) is 22.0. The Bertz CT molecular complexity index is 800. The second-order valence-corrected chi connectivity index (χ2v) is 6.41. The van der Waals surface area contributed by atoms with E-state index in [9.17, 15) is 18.3 Å². The van der Waals surface area contributed by atoms with E-state index in [0.29, 0.717) is 19.0 Å². The lowest BCUT2D eigenvalue weighted by Crippen LogP contribution is -2.42. The Labute approximate surface area is 196 Å². The Morgan fingerprint density at radius 2 is 1.65 bits per heavy atom. The van der Waals surface area contributed by atoms with Gasteiger partial charge in [0.25, 0.3) is 0 Å². The van der Waals surface area contributed by atoms with Gasteiger partial charge in [-0.1, -0.05) is 12.1 Å². The maximum atomic E-state index is 12.6. The van der Waals surface area contributed by atoms with E-state index in [1.807, 2.05) is 31.2 Å². The zero-order valence-corrected chi connectivity index (χ0v) is 19.6. The van der Waals surface area contributed by atoms with Crippen LogP contribution in [0.1, 0.15) is 18.1 Å². The largest absolute Gasteiger partial charge is 0.497 e. The van der Waals surface area contributed by atoms with Gasteiger partial charge in [-0.3, -0.25) is 0 Å². The SMILES string of the molecule is CCNC(=NCc1ccc(OC)cc1)NCC(O)COc1ccc(C(F)(F)F)cc1.I. The highest BCUT2D eigenvalue weighted by Crippen LogP contribution is 2.30. The van der Waals surface area contributed by atoms with E-state index in [0.717, 1.165) is 23.4 Å². The summed E-state index contributed by atoms with van der Waals surface area (Å²) >= 11 is 0. The number of nitrogens with one attached hydrogen (secondary N) is 2. The van der Waals surface area contributed by atoms with Crippen LogP contribution >= 0.6 is 24.0 Å². The van der Waals surface area contributed by atoms with E-state index in [1.54, 1.807) is 7.11 Å². The number of hydrogen-bond donors (Lipinski definition) is 3. The summed E-state index contributed by atoms with van der Waals surface area (Å²) in [4.78, 5) is 4.46. The van der Waals surface area contributed by atoms with Gasteiger partial charge in [0, 0.05) is 13.1 Å². The van der Waals surface area contributed by atoms with Gasteiger partial charge < -0.3 is 25.2 Å². The number of rotatable bonds is 9. The van der Waals surface area contributed by atoms with Gasteiger partial charge in [-0.05, 0) is 48.9 Å². The number of guanidine groups is 1. The fraction of sp³-hybridized carbons (Fsp3) is 0.381. The molecule has 2 rings (SSSR count). The van der Waals surface area contributed by atoms with Crippen LogP contribution in [0.2, 0.25) is 0 Å². The third-order valence-corrected chi connectivity index (χ3v) is 4.05. The first kappa shape index (κ1) is 26.8. The number of hydrogen-bond acceptors (Lipinski definition) is 4. The molecule has 1 atom stereocenters. The molecular weight excluding hydrogens is 526 g/mol. The van der Waals surface area contributed by atoms with Gasteiger partial charge in [0.2, 0.25) is 0 Å². The first-order valence-electron chi connectivity index (χ1n) is 9.45. The number of ether oxygens (including phenoxy) is 2. The van der Waals surface area contributed by atoms with E-state index in [-0.39, 0.29) is 42.9 Å². The molecular formula is C21H27F3IN3O3. The minimum atomic E-state index is -4.39. The highest BCUT2D eigenvalue weighted by atomic mass is 127. The van der Waals surface area contributed by atoms with E-state index < -0.39 is 17.8 Å². The van der Waals surface area contributed by atoms with Crippen molar-refractivity contribution < 1.29 is 27.8 Å². The molecule has 0 saturated heterocycles. The minimum Gasteiger partial charge on any atom is -0.497 e. The number of halogens is 4. The molecule has 10 heteroatoms. The molecule has 0 aliphatic heterocycles. The number of nitrogens with zero attached hydrogens (tertiary/aromatic N) is 1. The van der Waals surface area contributed by atoms with Gasteiger partial charge in [-0.15, -0.1) is 24.0 Å². The Hall–Kier alpha value is -2.21. The molecule has 0 aliphatic rings. The molecule has 0 heterocycles. The van der Waals surface area contributed by atoms with Crippen LogP contribution < -0.4 is 20.1 Å². The lowest BCUT2D eigenvalue weighted by atomic mass is 10.2. The molecule has 1 unspecified atom stereocenters. The molecule has 0 amide bonds. The van der Waals surface area contributed by atoms with Crippen molar-refractivity contribution in [3.8, 4) is 11.5 Å². The molecule has 0 saturated carbocycles. The quantitative estimate of drug-likeness (QED) is 0.250. The van der Waals surface area contributed by atoms with Gasteiger partial charge in [0.05, 0.1) is 19.2 Å². The number of aliphatic hydroxyl groups is 1. The second kappa shape index (κ2) is 13.3. The molecule has 31 heavy (non-hydrogen) atoms. The maximum Gasteiger partial charge on any atom is 0.416 e. The van der Waals surface area contributed by atoms with Gasteiger partial charge in [0.15, 0.2) is 5.96 Å². The summed E-state index contributed by atoms with van der Waals surface area (Å²) in [5.74, 6) is 1.55. The normalized spacial score (nSPS) is 12.5. The van der Waals surface area contributed by atoms with Crippen LogP contribution in [0.5, 0.6) is 11.5 Å². The van der Waals surface area contributed by atoms with Crippen LogP contribution in [0.25, 0.3) is 0 Å². The average molecular weight is 553 g/mol. The van der Waals surface area contributed by atoms with E-state index in [1.165, 1.54) is 12.1 Å². The maximum absolute atomic E-state index is 12.6. The first-order valence-corrected chi connectivity index (χ1v) is 9.45. The van der Waals surface area contributed by atoms with Crippen LogP contribution in [-0.2, 0) is 12.7 Å². The van der Waals surface area contributed by atoms with Crippen LogP contribution in [0.3, 0.4) is 0 Å². The number of aliphatic imine (C=N–C) groups is 1. The summed E-state index contributed by atoms with van der Waals surface area (Å²) in [6.07, 6.45) is -5.27. The number of alkyl halides is 3. The lowest BCUT2D eigenvalue weighted by Gasteiger charge is -2.16. The number of methoxy groups -OCH3 is 1. The van der Waals surface area contributed by atoms with Crippen molar-refractivity contribution in [2.45, 2.75) is 25.7 Å². The molecule has 0 fully saturated rings. The topological polar surface area (TPSA) is 75.1 Å². The summed E-state index contributed by atoms with van der Waals surface area (Å²) in [7, 11) is 1.60. The zero-order valence-electron chi connectivity index (χ0n) is 17.3. The predicted octanol–water partition coefficient (Wildman–Crippen LogP) is 3.83. The monoisotopic (exact) mass is 553 g/mol. The molecule has 6 nitrogen and oxygen atoms in total. The first-order chi connectivity index (χ1) is 14.3. The van der Waals surface area contributed by atoms with E-state index in [2.05, 4.69) is 15.6 Å². The Morgan fingerprint density at radius 3 is 2.19 bits per heavy atom. The molecule has 0 radical (unpaired) electrons. The Balaban J connectivity index is 0.00000480. The molecule has 3 N–H and O–H groups in total. The molecule has 0 bridgehead atoms. The van der Waals surface area contributed by atoms with Crippen LogP contribution in [0, 0.1) is 0 Å². The highest BCUT2D eigenvalue weighted by Gasteiger charge is 2.30. The summed E-state index contributed by atoms with van der Waals surface area (Å²) < 4.78 is 48.2. The molecule has 0 aromatic heterocycles. The lowest BCUT2D eigenvalue weighted by molar-refractivity contribution is -0.137. The average Bonchev–Trinajstić information content (AvgIpc) is 2.74. The fourth-order valence-corrected chi connectivity index (χ4v) is 2.45. The fourth-order valence-electron chi connectivity index (χ4n) is 2.45. The third-order valence-electron chi connectivity index (χ3n) is 4.05. The van der Waals surface area contributed by atoms with Crippen molar-refractivity contribution in [2.24, 2.45) is 4.99 Å². The van der Waals surface area contributed by atoms with Gasteiger partial charge in [0.1, 0.15) is 24.2 Å². The predicted molar refractivity (Wildman–Crippen MR) is 124 cm³/mol. The molecule has 0 aliphatic carbocycles. The Morgan fingerprint density at radius 1 is 1.03 bits per heavy atom. The summed E-state index contributed by atoms with van der Waals surface area (Å²) in [5, 5.41) is 16.2. The second-order valence-electron chi connectivity index (χ2n) is 6.41. The molecule has 172 valence electrons. The summed E-state index contributed by atoms with van der Waals surface area (Å²) in [5.41, 5.74) is 0.250. The molecule has 2 aromatic rings. The molecule has 2 aromatic carbocycles. The van der Waals surface area contributed by atoms with Crippen LogP contribution in [-0.4, -0.2) is 44.0 Å². The summed E-state index contributed by atoms with van der Waals surface area (Å²) in [6, 6.07) is 11.9. The third kappa shape index (κ3) is 9.64. The highest BCUT2D eigenvalue weighted by molar-refractivity contribution is 14.0.